The first kappa shape index (κ1) is 37.1. The first-order valence-corrected chi connectivity index (χ1v) is 18.7. The molecule has 0 amide bonds. The molecule has 3 aromatic carbocycles. The summed E-state index contributed by atoms with van der Waals surface area (Å²) in [6.45, 7) is 31.6. The van der Waals surface area contributed by atoms with Crippen LogP contribution in [0.4, 0.5) is 0 Å². The Hall–Kier alpha value is -2.68. The van der Waals surface area contributed by atoms with Gasteiger partial charge in [0.2, 0.25) is 0 Å². The zero-order valence-corrected chi connectivity index (χ0v) is 32.7. The lowest BCUT2D eigenvalue weighted by atomic mass is 9.81. The normalized spacial score (nSPS) is 13.0. The maximum absolute atomic E-state index is 10.7. The SMILES string of the molecule is Cc1cc(CCCOp2oc3c(C(C)(C)C)cc(CC(C)C)cc3c3cc(CC(C)C)cc(C(C)(C)C)c3o2)cc(C(C)(C)C)c1O. The summed E-state index contributed by atoms with van der Waals surface area (Å²) in [6.07, 6.45) is 3.67. The molecule has 0 aliphatic carbocycles. The van der Waals surface area contributed by atoms with Crippen LogP contribution in [0.3, 0.4) is 0 Å². The molecule has 1 aromatic heterocycles. The van der Waals surface area contributed by atoms with Crippen molar-refractivity contribution in [2.24, 2.45) is 11.8 Å². The van der Waals surface area contributed by atoms with Gasteiger partial charge in [-0.3, -0.25) is 4.52 Å². The van der Waals surface area contributed by atoms with Crippen LogP contribution in [-0.4, -0.2) is 11.7 Å². The summed E-state index contributed by atoms with van der Waals surface area (Å²) in [5, 5.41) is 12.9. The number of hydrogen-bond acceptors (Lipinski definition) is 4. The summed E-state index contributed by atoms with van der Waals surface area (Å²) >= 11 is 0. The smallest absolute Gasteiger partial charge is 0.387 e. The van der Waals surface area contributed by atoms with Crippen molar-refractivity contribution in [3.63, 3.8) is 0 Å². The predicted octanol–water partition coefficient (Wildman–Crippen LogP) is 12.7. The van der Waals surface area contributed by atoms with Crippen molar-refractivity contribution in [2.45, 2.75) is 139 Å². The zero-order chi connectivity index (χ0) is 35.1. The highest BCUT2D eigenvalue weighted by molar-refractivity contribution is 7.31. The van der Waals surface area contributed by atoms with Gasteiger partial charge in [0.15, 0.2) is 0 Å². The van der Waals surface area contributed by atoms with Crippen molar-refractivity contribution in [3.05, 3.63) is 75.3 Å². The quantitative estimate of drug-likeness (QED) is 0.182. The van der Waals surface area contributed by atoms with Crippen molar-refractivity contribution >= 4 is 30.2 Å². The van der Waals surface area contributed by atoms with Crippen LogP contribution in [-0.2, 0) is 35.5 Å². The summed E-state index contributed by atoms with van der Waals surface area (Å²) in [7, 11) is -1.71. The van der Waals surface area contributed by atoms with Gasteiger partial charge < -0.3 is 13.5 Å². The highest BCUT2D eigenvalue weighted by atomic mass is 31.1. The first-order valence-electron chi connectivity index (χ1n) is 17.6. The summed E-state index contributed by atoms with van der Waals surface area (Å²) in [6, 6.07) is 13.6. The maximum atomic E-state index is 10.7. The third-order valence-electron chi connectivity index (χ3n) is 8.80. The van der Waals surface area contributed by atoms with Crippen LogP contribution in [0, 0.1) is 18.8 Å². The van der Waals surface area contributed by atoms with E-state index in [1.54, 1.807) is 0 Å². The average molecular weight is 661 g/mol. The molecule has 5 heteroatoms. The zero-order valence-electron chi connectivity index (χ0n) is 31.8. The molecule has 0 unspecified atom stereocenters. The van der Waals surface area contributed by atoms with Crippen LogP contribution in [0.5, 0.6) is 5.75 Å². The molecule has 4 aromatic rings. The van der Waals surface area contributed by atoms with E-state index in [4.69, 9.17) is 12.9 Å². The molecule has 0 bridgehead atoms. The Morgan fingerprint density at radius 1 is 0.638 bits per heavy atom. The lowest BCUT2D eigenvalue weighted by molar-refractivity contribution is 0.363. The molecule has 0 aliphatic heterocycles. The molecule has 4 rings (SSSR count). The second-order valence-corrected chi connectivity index (χ2v) is 18.7. The maximum Gasteiger partial charge on any atom is 0.387 e. The highest BCUT2D eigenvalue weighted by Crippen LogP contribution is 2.43. The van der Waals surface area contributed by atoms with E-state index in [-0.39, 0.29) is 16.2 Å². The van der Waals surface area contributed by atoms with Crippen LogP contribution >= 0.6 is 8.24 Å². The van der Waals surface area contributed by atoms with Crippen molar-refractivity contribution in [2.75, 3.05) is 6.61 Å². The Labute approximate surface area is 285 Å². The minimum absolute atomic E-state index is 0.132. The Morgan fingerprint density at radius 3 is 1.47 bits per heavy atom. The third kappa shape index (κ3) is 9.07. The summed E-state index contributed by atoms with van der Waals surface area (Å²) in [4.78, 5) is 0. The second kappa shape index (κ2) is 14.0. The van der Waals surface area contributed by atoms with Crippen molar-refractivity contribution < 1.29 is 18.0 Å². The van der Waals surface area contributed by atoms with E-state index >= 15 is 0 Å². The highest BCUT2D eigenvalue weighted by Gasteiger charge is 2.26. The van der Waals surface area contributed by atoms with E-state index in [1.807, 2.05) is 6.92 Å². The third-order valence-corrected chi connectivity index (χ3v) is 9.85. The van der Waals surface area contributed by atoms with E-state index < -0.39 is 8.24 Å². The molecule has 4 nitrogen and oxygen atoms in total. The van der Waals surface area contributed by atoms with Crippen molar-refractivity contribution in [1.82, 2.24) is 0 Å². The van der Waals surface area contributed by atoms with Gasteiger partial charge >= 0.3 is 8.24 Å². The topological polar surface area (TPSA) is 55.7 Å². The summed E-state index contributed by atoms with van der Waals surface area (Å²) in [5.41, 5.74) is 9.54. The van der Waals surface area contributed by atoms with Gasteiger partial charge in [0.05, 0.1) is 6.61 Å². The van der Waals surface area contributed by atoms with Crippen LogP contribution < -0.4 is 4.52 Å². The van der Waals surface area contributed by atoms with E-state index in [1.165, 1.54) is 27.8 Å². The summed E-state index contributed by atoms with van der Waals surface area (Å²) < 4.78 is 20.3. The first-order chi connectivity index (χ1) is 21.6. The number of fused-ring (bicyclic) bond motifs is 3. The van der Waals surface area contributed by atoms with E-state index in [0.717, 1.165) is 58.7 Å². The Morgan fingerprint density at radius 2 is 1.06 bits per heavy atom. The van der Waals surface area contributed by atoms with Gasteiger partial charge in [-0.15, -0.1) is 0 Å². The minimum atomic E-state index is -1.71. The average Bonchev–Trinajstić information content (AvgIpc) is 3.06. The van der Waals surface area contributed by atoms with Crippen LogP contribution in [0.25, 0.3) is 21.9 Å². The minimum Gasteiger partial charge on any atom is -0.507 e. The van der Waals surface area contributed by atoms with Gasteiger partial charge in [0.1, 0.15) is 16.9 Å². The molecule has 0 fully saturated rings. The molecule has 47 heavy (non-hydrogen) atoms. The molecule has 1 heterocycles. The molecule has 258 valence electrons. The number of benzene rings is 3. The number of rotatable bonds is 9. The molecule has 0 spiro atoms. The molecular formula is C42H61O4P. The Balaban J connectivity index is 1.90. The van der Waals surface area contributed by atoms with Gasteiger partial charge in [-0.25, -0.2) is 0 Å². The molecule has 1 N–H and O–H groups in total. The standard InChI is InChI=1S/C42H61O4P/c1-26(2)18-30-21-32-33-22-31(19-27(3)4)25-36(42(12,13)14)39(33)46-47(45-38(32)35(24-30)41(9,10)11)44-17-15-16-29-20-28(5)37(43)34(23-29)40(6,7)8/h20-27,43H,15-19H2,1-14H3. The number of phenols is 1. The Bertz CT molecular complexity index is 1660. The molecule has 0 radical (unpaired) electrons. The molecular weight excluding hydrogens is 599 g/mol. The monoisotopic (exact) mass is 660 g/mol. The largest absolute Gasteiger partial charge is 0.507 e. The van der Waals surface area contributed by atoms with Crippen LogP contribution in [0.1, 0.15) is 135 Å². The van der Waals surface area contributed by atoms with Crippen LogP contribution in [0.2, 0.25) is 0 Å². The van der Waals surface area contributed by atoms with E-state index in [9.17, 15) is 5.11 Å². The lowest BCUT2D eigenvalue weighted by Crippen LogP contribution is -2.13. The number of phenolic OH excluding ortho intramolecular Hbond substituents is 1. The predicted molar refractivity (Wildman–Crippen MR) is 202 cm³/mol. The fourth-order valence-electron chi connectivity index (χ4n) is 6.47. The number of aryl methyl sites for hydroxylation is 2. The molecule has 0 saturated carbocycles. The van der Waals surface area contributed by atoms with Gasteiger partial charge in [-0.1, -0.05) is 114 Å². The molecule has 0 saturated heterocycles. The molecule has 0 atom stereocenters. The fourth-order valence-corrected chi connectivity index (χ4v) is 7.59. The van der Waals surface area contributed by atoms with Crippen molar-refractivity contribution in [3.8, 4) is 5.75 Å². The number of aromatic hydroxyl groups is 1. The van der Waals surface area contributed by atoms with Gasteiger partial charge in [0.25, 0.3) is 0 Å². The van der Waals surface area contributed by atoms with Gasteiger partial charge in [-0.2, -0.15) is 0 Å². The number of hydrogen-bond donors (Lipinski definition) is 1. The summed E-state index contributed by atoms with van der Waals surface area (Å²) in [5.74, 6) is 1.48. The molecule has 0 aliphatic rings. The van der Waals surface area contributed by atoms with Crippen molar-refractivity contribution in [1.29, 1.82) is 0 Å². The van der Waals surface area contributed by atoms with Crippen LogP contribution in [0.15, 0.2) is 44.8 Å². The van der Waals surface area contributed by atoms with E-state index in [2.05, 4.69) is 126 Å². The fraction of sp³-hybridized carbons (Fsp3) is 0.571. The van der Waals surface area contributed by atoms with E-state index in [0.29, 0.717) is 24.2 Å². The van der Waals surface area contributed by atoms with Gasteiger partial charge in [-0.05, 0) is 101 Å². The van der Waals surface area contributed by atoms with Gasteiger partial charge in [0, 0.05) is 21.9 Å². The lowest BCUT2D eigenvalue weighted by Gasteiger charge is -2.22. The Kier molecular flexibility index (Phi) is 11.1. The second-order valence-electron chi connectivity index (χ2n) is 17.6.